The van der Waals surface area contributed by atoms with Gasteiger partial charge in [-0.3, -0.25) is 0 Å². The number of nitrogens with zero attached hydrogens (tertiary/aromatic N) is 2. The molecule has 0 fully saturated rings. The Kier molecular flexibility index (Phi) is 7.88. The van der Waals surface area contributed by atoms with Crippen LogP contribution in [-0.2, 0) is 0 Å². The van der Waals surface area contributed by atoms with Crippen LogP contribution >= 0.6 is 0 Å². The third-order valence-corrected chi connectivity index (χ3v) is 8.13. The highest BCUT2D eigenvalue weighted by Gasteiger charge is 2.19. The van der Waals surface area contributed by atoms with Crippen molar-refractivity contribution in [3.8, 4) is 0 Å². The number of anilines is 5. The minimum atomic E-state index is 0.260. The van der Waals surface area contributed by atoms with Crippen molar-refractivity contribution >= 4 is 45.3 Å². The van der Waals surface area contributed by atoms with Crippen molar-refractivity contribution in [3.05, 3.63) is 193 Å². The summed E-state index contributed by atoms with van der Waals surface area (Å²) in [4.78, 5) is 4.73. The minimum Gasteiger partial charge on any atom is -0.334 e. The Morgan fingerprint density at radius 2 is 1.02 bits per heavy atom. The maximum Gasteiger partial charge on any atom is 0.0560 e. The van der Waals surface area contributed by atoms with Crippen LogP contribution in [0.25, 0.3) is 16.8 Å². The SMILES string of the molecule is C1=CC(N(c2ccccc2)c2ccccc2)CC=C1/C=C/c1ccc(N(c2ccccc2)c2ccc3ccccc3c2)cc1. The molecule has 0 radical (unpaired) electrons. The van der Waals surface area contributed by atoms with E-state index in [4.69, 9.17) is 0 Å². The van der Waals surface area contributed by atoms with Gasteiger partial charge in [0.1, 0.15) is 0 Å². The molecule has 1 aliphatic rings. The number of rotatable bonds is 8. The molecule has 1 unspecified atom stereocenters. The Morgan fingerprint density at radius 3 is 1.64 bits per heavy atom. The third kappa shape index (κ3) is 5.97. The van der Waals surface area contributed by atoms with Gasteiger partial charge in [0.05, 0.1) is 6.04 Å². The van der Waals surface area contributed by atoms with E-state index in [1.807, 2.05) is 0 Å². The molecule has 1 atom stereocenters. The lowest BCUT2D eigenvalue weighted by molar-refractivity contribution is 0.782. The van der Waals surface area contributed by atoms with Crippen LogP contribution in [0.2, 0.25) is 0 Å². The van der Waals surface area contributed by atoms with Crippen molar-refractivity contribution in [1.82, 2.24) is 0 Å². The zero-order valence-electron chi connectivity index (χ0n) is 24.6. The molecule has 0 heterocycles. The lowest BCUT2D eigenvalue weighted by Crippen LogP contribution is -2.30. The maximum atomic E-state index is 2.42. The molecule has 6 aromatic rings. The quantitative estimate of drug-likeness (QED) is 0.181. The second-order valence-corrected chi connectivity index (χ2v) is 11.0. The largest absolute Gasteiger partial charge is 0.334 e. The summed E-state index contributed by atoms with van der Waals surface area (Å²) < 4.78 is 0. The van der Waals surface area contributed by atoms with E-state index >= 15 is 0 Å². The Bertz CT molecular complexity index is 1880. The molecular weight excluding hydrogens is 532 g/mol. The van der Waals surface area contributed by atoms with Crippen LogP contribution in [0.5, 0.6) is 0 Å². The molecule has 0 aromatic heterocycles. The fourth-order valence-corrected chi connectivity index (χ4v) is 5.92. The van der Waals surface area contributed by atoms with E-state index in [1.165, 1.54) is 33.3 Å². The zero-order valence-corrected chi connectivity index (χ0v) is 24.6. The van der Waals surface area contributed by atoms with E-state index < -0.39 is 0 Å². The predicted octanol–water partition coefficient (Wildman–Crippen LogP) is 11.4. The summed E-state index contributed by atoms with van der Waals surface area (Å²) in [5.41, 5.74) is 8.22. The van der Waals surface area contributed by atoms with Gasteiger partial charge in [-0.05, 0) is 89.0 Å². The fraction of sp³-hybridized carbons (Fsp3) is 0.0476. The molecule has 0 spiro atoms. The van der Waals surface area contributed by atoms with Gasteiger partial charge in [0.25, 0.3) is 0 Å². The molecule has 2 heteroatoms. The van der Waals surface area contributed by atoms with E-state index in [1.54, 1.807) is 0 Å². The summed E-state index contributed by atoms with van der Waals surface area (Å²) >= 11 is 0. The lowest BCUT2D eigenvalue weighted by Gasteiger charge is -2.33. The summed E-state index contributed by atoms with van der Waals surface area (Å²) in [7, 11) is 0. The molecule has 0 saturated heterocycles. The first-order chi connectivity index (χ1) is 21.8. The van der Waals surface area contributed by atoms with Crippen molar-refractivity contribution in [2.24, 2.45) is 0 Å². The molecule has 0 aliphatic heterocycles. The monoisotopic (exact) mass is 566 g/mol. The maximum absolute atomic E-state index is 2.42. The Morgan fingerprint density at radius 1 is 0.477 bits per heavy atom. The molecule has 0 amide bonds. The first kappa shape index (κ1) is 27.2. The average molecular weight is 567 g/mol. The highest BCUT2D eigenvalue weighted by Crippen LogP contribution is 2.36. The average Bonchev–Trinajstić information content (AvgIpc) is 3.10. The molecule has 0 saturated carbocycles. The van der Waals surface area contributed by atoms with Crippen molar-refractivity contribution < 1.29 is 0 Å². The summed E-state index contributed by atoms with van der Waals surface area (Å²) in [5, 5.41) is 2.48. The summed E-state index contributed by atoms with van der Waals surface area (Å²) in [5.74, 6) is 0. The van der Waals surface area contributed by atoms with Gasteiger partial charge in [-0.2, -0.15) is 0 Å². The van der Waals surface area contributed by atoms with Gasteiger partial charge in [-0.15, -0.1) is 0 Å². The van der Waals surface area contributed by atoms with Crippen LogP contribution in [0.4, 0.5) is 28.4 Å². The molecule has 7 rings (SSSR count). The van der Waals surface area contributed by atoms with Crippen LogP contribution in [-0.4, -0.2) is 6.04 Å². The van der Waals surface area contributed by atoms with Crippen molar-refractivity contribution in [3.63, 3.8) is 0 Å². The van der Waals surface area contributed by atoms with Gasteiger partial charge in [-0.25, -0.2) is 0 Å². The number of benzene rings is 6. The highest BCUT2D eigenvalue weighted by molar-refractivity contribution is 5.89. The summed E-state index contributed by atoms with van der Waals surface area (Å²) in [6.45, 7) is 0. The van der Waals surface area contributed by atoms with Crippen LogP contribution < -0.4 is 9.80 Å². The van der Waals surface area contributed by atoms with Crippen LogP contribution in [0.1, 0.15) is 12.0 Å². The van der Waals surface area contributed by atoms with Crippen molar-refractivity contribution in [2.75, 3.05) is 9.80 Å². The van der Waals surface area contributed by atoms with Crippen molar-refractivity contribution in [2.45, 2.75) is 12.5 Å². The normalized spacial score (nSPS) is 14.5. The Labute approximate surface area is 260 Å². The Balaban J connectivity index is 1.10. The van der Waals surface area contributed by atoms with Gasteiger partial charge in [-0.1, -0.05) is 127 Å². The minimum absolute atomic E-state index is 0.260. The van der Waals surface area contributed by atoms with E-state index in [9.17, 15) is 0 Å². The topological polar surface area (TPSA) is 6.48 Å². The van der Waals surface area contributed by atoms with E-state index in [2.05, 4.69) is 198 Å². The van der Waals surface area contributed by atoms with Gasteiger partial charge in [0.15, 0.2) is 0 Å². The smallest absolute Gasteiger partial charge is 0.0560 e. The van der Waals surface area contributed by atoms with Crippen molar-refractivity contribution in [1.29, 1.82) is 0 Å². The molecular formula is C42H34N2. The number of hydrogen-bond acceptors (Lipinski definition) is 2. The standard InChI is InChI=1S/C42H34N2/c1-4-14-37(15-5-1)43(38-16-6-2-7-17-38)40-27-22-33(23-28-40)20-21-34-24-29-41(30-25-34)44(39-18-8-3-9-19-39)42-31-26-35-12-10-11-13-36(35)32-42/h1-27,29-32,40H,28H2/b21-20+. The molecule has 1 aliphatic carbocycles. The Hall–Kier alpha value is -5.60. The van der Waals surface area contributed by atoms with Gasteiger partial charge < -0.3 is 9.80 Å². The predicted molar refractivity (Wildman–Crippen MR) is 188 cm³/mol. The molecule has 44 heavy (non-hydrogen) atoms. The molecule has 0 bridgehead atoms. The number of hydrogen-bond donors (Lipinski definition) is 0. The first-order valence-electron chi connectivity index (χ1n) is 15.2. The second-order valence-electron chi connectivity index (χ2n) is 11.0. The highest BCUT2D eigenvalue weighted by atomic mass is 15.2. The molecule has 212 valence electrons. The van der Waals surface area contributed by atoms with Crippen LogP contribution in [0.3, 0.4) is 0 Å². The summed E-state index contributed by atoms with van der Waals surface area (Å²) in [6, 6.07) is 56.1. The lowest BCUT2D eigenvalue weighted by atomic mass is 9.99. The van der Waals surface area contributed by atoms with E-state index in [-0.39, 0.29) is 6.04 Å². The van der Waals surface area contributed by atoms with Crippen LogP contribution in [0.15, 0.2) is 188 Å². The molecule has 0 N–H and O–H groups in total. The number of allylic oxidation sites excluding steroid dienone is 3. The first-order valence-corrected chi connectivity index (χ1v) is 15.2. The van der Waals surface area contributed by atoms with Gasteiger partial charge in [0.2, 0.25) is 0 Å². The summed E-state index contributed by atoms with van der Waals surface area (Å²) in [6.07, 6.45) is 12.3. The fourth-order valence-electron chi connectivity index (χ4n) is 5.92. The molecule has 6 aromatic carbocycles. The van der Waals surface area contributed by atoms with Gasteiger partial charge >= 0.3 is 0 Å². The van der Waals surface area contributed by atoms with E-state index in [0.717, 1.165) is 23.5 Å². The van der Waals surface area contributed by atoms with Gasteiger partial charge in [0, 0.05) is 28.4 Å². The molecule has 2 nitrogen and oxygen atoms in total. The van der Waals surface area contributed by atoms with Crippen LogP contribution in [0, 0.1) is 0 Å². The van der Waals surface area contributed by atoms with E-state index in [0.29, 0.717) is 0 Å². The number of para-hydroxylation sites is 3. The second kappa shape index (κ2) is 12.7. The third-order valence-electron chi connectivity index (χ3n) is 8.13. The zero-order chi connectivity index (χ0) is 29.6. The number of fused-ring (bicyclic) bond motifs is 1.